The van der Waals surface area contributed by atoms with Crippen molar-refractivity contribution in [2.75, 3.05) is 5.73 Å². The van der Waals surface area contributed by atoms with Crippen LogP contribution >= 0.6 is 23.2 Å². The van der Waals surface area contributed by atoms with Gasteiger partial charge in [-0.25, -0.2) is 4.39 Å². The molecule has 6 heteroatoms. The quantitative estimate of drug-likeness (QED) is 0.641. The number of rotatable bonds is 4. The summed E-state index contributed by atoms with van der Waals surface area (Å²) in [6.45, 7) is 1.83. The highest BCUT2D eigenvalue weighted by atomic mass is 35.5. The first-order valence-corrected chi connectivity index (χ1v) is 7.45. The summed E-state index contributed by atoms with van der Waals surface area (Å²) in [5.41, 5.74) is 12.1. The first-order valence-electron chi connectivity index (χ1n) is 6.70. The van der Waals surface area contributed by atoms with Crippen LogP contribution in [0.1, 0.15) is 40.9 Å². The zero-order chi connectivity index (χ0) is 16.4. The van der Waals surface area contributed by atoms with Crippen molar-refractivity contribution in [1.82, 2.24) is 0 Å². The highest BCUT2D eigenvalue weighted by Gasteiger charge is 2.23. The van der Waals surface area contributed by atoms with Crippen molar-refractivity contribution in [3.05, 3.63) is 62.9 Å². The van der Waals surface area contributed by atoms with Crippen molar-refractivity contribution in [2.45, 2.75) is 19.4 Å². The van der Waals surface area contributed by atoms with E-state index in [2.05, 4.69) is 0 Å². The van der Waals surface area contributed by atoms with E-state index in [0.717, 1.165) is 0 Å². The Hall–Kier alpha value is -1.62. The Bertz CT molecular complexity index is 734. The highest BCUT2D eigenvalue weighted by Crippen LogP contribution is 2.30. The van der Waals surface area contributed by atoms with Gasteiger partial charge in [0.05, 0.1) is 21.3 Å². The molecule has 0 bridgehead atoms. The van der Waals surface area contributed by atoms with Gasteiger partial charge >= 0.3 is 0 Å². The lowest BCUT2D eigenvalue weighted by Crippen LogP contribution is -2.14. The Labute approximate surface area is 138 Å². The van der Waals surface area contributed by atoms with E-state index >= 15 is 0 Å². The van der Waals surface area contributed by atoms with Gasteiger partial charge in [0.25, 0.3) is 0 Å². The third-order valence-electron chi connectivity index (χ3n) is 3.45. The lowest BCUT2D eigenvalue weighted by atomic mass is 9.96. The minimum atomic E-state index is -0.695. The summed E-state index contributed by atoms with van der Waals surface area (Å²) in [4.78, 5) is 12.5. The maximum atomic E-state index is 14.6. The van der Waals surface area contributed by atoms with Crippen LogP contribution in [0, 0.1) is 5.82 Å². The number of anilines is 1. The summed E-state index contributed by atoms with van der Waals surface area (Å²) < 4.78 is 14.6. The molecule has 0 aliphatic rings. The van der Waals surface area contributed by atoms with Crippen molar-refractivity contribution in [1.29, 1.82) is 0 Å². The Balaban J connectivity index is 2.55. The fraction of sp³-hybridized carbons (Fsp3) is 0.188. The van der Waals surface area contributed by atoms with Crippen LogP contribution in [0.5, 0.6) is 0 Å². The van der Waals surface area contributed by atoms with E-state index in [1.54, 1.807) is 0 Å². The zero-order valence-corrected chi connectivity index (χ0v) is 13.4. The van der Waals surface area contributed by atoms with E-state index in [9.17, 15) is 9.18 Å². The molecule has 0 saturated carbocycles. The van der Waals surface area contributed by atoms with Crippen molar-refractivity contribution in [3.8, 4) is 0 Å². The summed E-state index contributed by atoms with van der Waals surface area (Å²) in [6.07, 6.45) is 0.542. The largest absolute Gasteiger partial charge is 0.398 e. The van der Waals surface area contributed by atoms with Gasteiger partial charge in [-0.2, -0.15) is 0 Å². The first kappa shape index (κ1) is 16.7. The van der Waals surface area contributed by atoms with Gasteiger partial charge in [0.1, 0.15) is 5.82 Å². The lowest BCUT2D eigenvalue weighted by molar-refractivity contribution is 0.103. The van der Waals surface area contributed by atoms with Gasteiger partial charge in [-0.3, -0.25) is 4.79 Å². The Kier molecular flexibility index (Phi) is 5.06. The summed E-state index contributed by atoms with van der Waals surface area (Å²) in [5.74, 6) is -1.26. The number of ketones is 1. The molecule has 0 aliphatic carbocycles. The van der Waals surface area contributed by atoms with Crippen LogP contribution < -0.4 is 11.5 Å². The monoisotopic (exact) mass is 340 g/mol. The minimum absolute atomic E-state index is 0.0301. The SMILES string of the molecule is CCC(N)c1ccc(Cl)c(C(=O)c2ccc(N)c(Cl)c2)c1F. The first-order chi connectivity index (χ1) is 10.4. The average molecular weight is 341 g/mol. The molecule has 0 fully saturated rings. The molecule has 4 N–H and O–H groups in total. The maximum Gasteiger partial charge on any atom is 0.197 e. The van der Waals surface area contributed by atoms with E-state index in [1.165, 1.54) is 30.3 Å². The van der Waals surface area contributed by atoms with Crippen molar-refractivity contribution < 1.29 is 9.18 Å². The summed E-state index contributed by atoms with van der Waals surface area (Å²) in [5, 5.41) is 0.256. The van der Waals surface area contributed by atoms with E-state index in [-0.39, 0.29) is 26.7 Å². The van der Waals surface area contributed by atoms with Crippen LogP contribution in [0.3, 0.4) is 0 Å². The molecular formula is C16H15Cl2FN2O. The van der Waals surface area contributed by atoms with Crippen LogP contribution in [0.2, 0.25) is 10.0 Å². The molecular weight excluding hydrogens is 326 g/mol. The molecule has 1 unspecified atom stereocenters. The molecule has 0 radical (unpaired) electrons. The van der Waals surface area contributed by atoms with E-state index < -0.39 is 17.6 Å². The standard InChI is InChI=1S/C16H15Cl2FN2O/c1-2-12(20)9-4-5-10(17)14(15(9)19)16(22)8-3-6-13(21)11(18)7-8/h3-7,12H,2,20-21H2,1H3. The van der Waals surface area contributed by atoms with Gasteiger partial charge < -0.3 is 11.5 Å². The van der Waals surface area contributed by atoms with Gasteiger partial charge in [0.2, 0.25) is 0 Å². The molecule has 0 spiro atoms. The van der Waals surface area contributed by atoms with E-state index in [1.807, 2.05) is 6.92 Å². The lowest BCUT2D eigenvalue weighted by Gasteiger charge is -2.14. The average Bonchev–Trinajstić information content (AvgIpc) is 2.49. The summed E-state index contributed by atoms with van der Waals surface area (Å²) in [6, 6.07) is 6.83. The number of nitrogens with two attached hydrogens (primary N) is 2. The zero-order valence-electron chi connectivity index (χ0n) is 11.9. The maximum absolute atomic E-state index is 14.6. The Morgan fingerprint density at radius 1 is 1.23 bits per heavy atom. The molecule has 2 aromatic carbocycles. The second-order valence-electron chi connectivity index (χ2n) is 4.91. The number of nitrogen functional groups attached to an aromatic ring is 1. The third kappa shape index (κ3) is 3.09. The van der Waals surface area contributed by atoms with Gasteiger partial charge in [0.15, 0.2) is 5.78 Å². The number of hydrogen-bond acceptors (Lipinski definition) is 3. The van der Waals surface area contributed by atoms with Crippen LogP contribution in [0.4, 0.5) is 10.1 Å². The highest BCUT2D eigenvalue weighted by molar-refractivity contribution is 6.36. The van der Waals surface area contributed by atoms with Gasteiger partial charge in [-0.05, 0) is 30.7 Å². The number of halogens is 3. The minimum Gasteiger partial charge on any atom is -0.398 e. The fourth-order valence-electron chi connectivity index (χ4n) is 2.10. The molecule has 116 valence electrons. The Morgan fingerprint density at radius 3 is 2.50 bits per heavy atom. The smallest absolute Gasteiger partial charge is 0.197 e. The molecule has 0 aliphatic heterocycles. The topological polar surface area (TPSA) is 69.1 Å². The Morgan fingerprint density at radius 2 is 1.91 bits per heavy atom. The molecule has 3 nitrogen and oxygen atoms in total. The number of carbonyl (C=O) groups excluding carboxylic acids is 1. The molecule has 0 heterocycles. The van der Waals surface area contributed by atoms with E-state index in [4.69, 9.17) is 34.7 Å². The summed E-state index contributed by atoms with van der Waals surface area (Å²) in [7, 11) is 0. The second kappa shape index (κ2) is 6.65. The molecule has 1 atom stereocenters. The molecule has 0 aromatic heterocycles. The van der Waals surface area contributed by atoms with E-state index in [0.29, 0.717) is 12.1 Å². The fourth-order valence-corrected chi connectivity index (χ4v) is 2.51. The van der Waals surface area contributed by atoms with Crippen LogP contribution in [-0.2, 0) is 0 Å². The predicted molar refractivity (Wildman–Crippen MR) is 87.9 cm³/mol. The van der Waals surface area contributed by atoms with Gasteiger partial charge in [-0.15, -0.1) is 0 Å². The molecule has 2 aromatic rings. The summed E-state index contributed by atoms with van der Waals surface area (Å²) >= 11 is 11.9. The second-order valence-corrected chi connectivity index (χ2v) is 5.72. The van der Waals surface area contributed by atoms with Gasteiger partial charge in [-0.1, -0.05) is 36.2 Å². The molecule has 22 heavy (non-hydrogen) atoms. The third-order valence-corrected chi connectivity index (χ3v) is 4.09. The van der Waals surface area contributed by atoms with Crippen LogP contribution in [0.15, 0.2) is 30.3 Å². The number of hydrogen-bond donors (Lipinski definition) is 2. The predicted octanol–water partition coefficient (Wildman–Crippen LogP) is 4.36. The van der Waals surface area contributed by atoms with Crippen molar-refractivity contribution >= 4 is 34.7 Å². The normalized spacial score (nSPS) is 12.2. The van der Waals surface area contributed by atoms with Crippen LogP contribution in [0.25, 0.3) is 0 Å². The van der Waals surface area contributed by atoms with Crippen LogP contribution in [-0.4, -0.2) is 5.78 Å². The number of benzene rings is 2. The van der Waals surface area contributed by atoms with Gasteiger partial charge in [0, 0.05) is 17.2 Å². The van der Waals surface area contributed by atoms with Crippen molar-refractivity contribution in [2.24, 2.45) is 5.73 Å². The molecule has 0 amide bonds. The molecule has 0 saturated heterocycles. The molecule has 2 rings (SSSR count). The van der Waals surface area contributed by atoms with Crippen molar-refractivity contribution in [3.63, 3.8) is 0 Å². The number of carbonyl (C=O) groups is 1.